The van der Waals surface area contributed by atoms with E-state index in [-0.39, 0.29) is 30.1 Å². The molecule has 1 aromatic carbocycles. The monoisotopic (exact) mass is 524 g/mol. The number of H-pyrrole nitrogens is 1. The Bertz CT molecular complexity index is 1380. The van der Waals surface area contributed by atoms with Crippen LogP contribution in [0, 0.1) is 11.8 Å². The molecule has 10 nitrogen and oxygen atoms in total. The van der Waals surface area contributed by atoms with Crippen molar-refractivity contribution in [1.29, 1.82) is 0 Å². The van der Waals surface area contributed by atoms with E-state index in [0.29, 0.717) is 40.0 Å². The van der Waals surface area contributed by atoms with Crippen LogP contribution in [0.25, 0.3) is 22.6 Å². The number of hydrogen-bond acceptors (Lipinski definition) is 8. The summed E-state index contributed by atoms with van der Waals surface area (Å²) in [6.07, 6.45) is 6.05. The number of pyridine rings is 1. The second kappa shape index (κ2) is 9.51. The van der Waals surface area contributed by atoms with Crippen LogP contribution < -0.4 is 15.8 Å². The molecule has 2 bridgehead atoms. The van der Waals surface area contributed by atoms with Gasteiger partial charge in [-0.1, -0.05) is 29.8 Å². The number of benzene rings is 1. The second-order valence-electron chi connectivity index (χ2n) is 10.00. The highest BCUT2D eigenvalue weighted by molar-refractivity contribution is 6.34. The number of aliphatic hydroxyl groups is 1. The van der Waals surface area contributed by atoms with E-state index in [1.54, 1.807) is 13.3 Å². The minimum Gasteiger partial charge on any atom is -0.496 e. The predicted molar refractivity (Wildman–Crippen MR) is 139 cm³/mol. The minimum absolute atomic E-state index is 0.120. The number of ether oxygens (including phenoxy) is 2. The zero-order valence-corrected chi connectivity index (χ0v) is 21.1. The van der Waals surface area contributed by atoms with Crippen molar-refractivity contribution in [2.75, 3.05) is 25.5 Å². The normalized spacial score (nSPS) is 26.7. The summed E-state index contributed by atoms with van der Waals surface area (Å²) in [5.74, 6) is 1.60. The van der Waals surface area contributed by atoms with Crippen molar-refractivity contribution in [2.45, 2.75) is 37.6 Å². The second-order valence-corrected chi connectivity index (χ2v) is 10.4. The highest BCUT2D eigenvalue weighted by Gasteiger charge is 2.47. The number of methoxy groups -OCH3 is 1. The molecule has 5 N–H and O–H groups in total. The number of β-amino-alcohol motifs (C(OH)–C–C–N with tert-alkyl or cyclic N) is 1. The first-order valence-electron chi connectivity index (χ1n) is 12.4. The van der Waals surface area contributed by atoms with Gasteiger partial charge in [0.1, 0.15) is 23.2 Å². The molecule has 194 valence electrons. The maximum absolute atomic E-state index is 11.5. The fourth-order valence-corrected chi connectivity index (χ4v) is 6.07. The van der Waals surface area contributed by atoms with Gasteiger partial charge in [-0.25, -0.2) is 14.8 Å². The van der Waals surface area contributed by atoms with Gasteiger partial charge in [0.2, 0.25) is 0 Å². The Morgan fingerprint density at radius 3 is 2.95 bits per heavy atom. The lowest BCUT2D eigenvalue weighted by molar-refractivity contribution is 0.0854. The van der Waals surface area contributed by atoms with Crippen LogP contribution in [0.3, 0.4) is 0 Å². The molecule has 1 saturated heterocycles. The van der Waals surface area contributed by atoms with E-state index in [9.17, 15) is 9.90 Å². The molecular formula is C26H29ClN6O4. The summed E-state index contributed by atoms with van der Waals surface area (Å²) >= 11 is 6.59. The van der Waals surface area contributed by atoms with Crippen LogP contribution in [0.4, 0.5) is 10.5 Å². The summed E-state index contributed by atoms with van der Waals surface area (Å²) in [6.45, 7) is 2.30. The molecule has 1 aliphatic heterocycles. The van der Waals surface area contributed by atoms with Crippen LogP contribution in [-0.2, 0) is 11.3 Å². The summed E-state index contributed by atoms with van der Waals surface area (Å²) in [5, 5.41) is 13.8. The minimum atomic E-state index is -0.788. The number of aromatic amines is 1. The van der Waals surface area contributed by atoms with E-state index in [1.165, 1.54) is 0 Å². The van der Waals surface area contributed by atoms with Gasteiger partial charge in [0.25, 0.3) is 0 Å². The molecule has 5 atom stereocenters. The number of amides is 1. The standard InChI is InChI=1S/C26H29ClN6O4/c1-36-19-8-13(11-33-7-6-16(34)12-33)2-5-17(19)24-31-22-21(18(27)10-29-25(22)32-24)30-20-14-3-4-15(9-14)23(20)37-26(28)35/h2-5,8,10,14-16,20,23,34H,6-7,9,11-12H2,1H3,(H2,28,35)(H2,29,30,31,32)/t14-,15+,16-,20+,23-/m0/s1. The van der Waals surface area contributed by atoms with Crippen LogP contribution in [0.1, 0.15) is 18.4 Å². The first-order valence-corrected chi connectivity index (χ1v) is 12.8. The van der Waals surface area contributed by atoms with Crippen LogP contribution in [0.5, 0.6) is 5.75 Å². The number of nitrogens with one attached hydrogen (secondary N) is 2. The van der Waals surface area contributed by atoms with Crippen LogP contribution in [0.15, 0.2) is 36.5 Å². The zero-order chi connectivity index (χ0) is 25.7. The van der Waals surface area contributed by atoms with Crippen molar-refractivity contribution in [1.82, 2.24) is 19.9 Å². The van der Waals surface area contributed by atoms with E-state index in [1.807, 2.05) is 18.2 Å². The number of anilines is 1. The van der Waals surface area contributed by atoms with Gasteiger partial charge in [0, 0.05) is 31.5 Å². The van der Waals surface area contributed by atoms with Crippen LogP contribution in [0.2, 0.25) is 5.02 Å². The van der Waals surface area contributed by atoms with Gasteiger partial charge in [0.05, 0.1) is 41.7 Å². The number of aliphatic hydroxyl groups excluding tert-OH is 1. The summed E-state index contributed by atoms with van der Waals surface area (Å²) in [7, 11) is 1.63. The molecule has 37 heavy (non-hydrogen) atoms. The third-order valence-electron chi connectivity index (χ3n) is 7.60. The Kier molecular flexibility index (Phi) is 6.18. The van der Waals surface area contributed by atoms with Crippen molar-refractivity contribution in [2.24, 2.45) is 17.6 Å². The number of imidazole rings is 1. The van der Waals surface area contributed by atoms with E-state index in [2.05, 4.69) is 32.3 Å². The van der Waals surface area contributed by atoms with Crippen molar-refractivity contribution in [3.8, 4) is 17.1 Å². The van der Waals surface area contributed by atoms with Gasteiger partial charge in [0.15, 0.2) is 5.65 Å². The van der Waals surface area contributed by atoms with E-state index < -0.39 is 6.09 Å². The van der Waals surface area contributed by atoms with Gasteiger partial charge >= 0.3 is 6.09 Å². The molecule has 1 amide bonds. The number of hydrogen-bond donors (Lipinski definition) is 4. The van der Waals surface area contributed by atoms with E-state index >= 15 is 0 Å². The Hall–Kier alpha value is -3.34. The Labute approximate surface area is 218 Å². The van der Waals surface area contributed by atoms with Crippen LogP contribution >= 0.6 is 11.6 Å². The number of primary amides is 1. The Balaban J connectivity index is 1.31. The highest BCUT2D eigenvalue weighted by Crippen LogP contribution is 2.44. The molecule has 0 radical (unpaired) electrons. The van der Waals surface area contributed by atoms with Crippen molar-refractivity contribution < 1.29 is 19.4 Å². The molecule has 0 spiro atoms. The quantitative estimate of drug-likeness (QED) is 0.345. The van der Waals surface area contributed by atoms with Gasteiger partial charge in [-0.05, 0) is 30.5 Å². The summed E-state index contributed by atoms with van der Waals surface area (Å²) in [5.41, 5.74) is 9.05. The van der Waals surface area contributed by atoms with Crippen molar-refractivity contribution in [3.05, 3.63) is 47.1 Å². The molecule has 0 unspecified atom stereocenters. The number of halogens is 1. The van der Waals surface area contributed by atoms with Crippen molar-refractivity contribution >= 4 is 34.5 Å². The molecule has 2 aromatic heterocycles. The van der Waals surface area contributed by atoms with E-state index in [0.717, 1.165) is 37.1 Å². The number of likely N-dealkylation sites (tertiary alicyclic amines) is 1. The number of nitrogens with two attached hydrogens (primary N) is 1. The number of rotatable bonds is 7. The average Bonchev–Trinajstić information content (AvgIpc) is 3.66. The van der Waals surface area contributed by atoms with Gasteiger partial charge in [-0.2, -0.15) is 0 Å². The van der Waals surface area contributed by atoms with Crippen molar-refractivity contribution in [3.63, 3.8) is 0 Å². The highest BCUT2D eigenvalue weighted by atomic mass is 35.5. The Morgan fingerprint density at radius 2 is 2.19 bits per heavy atom. The fraction of sp³-hybridized carbons (Fsp3) is 0.423. The lowest BCUT2D eigenvalue weighted by Gasteiger charge is -2.29. The molecule has 2 aliphatic carbocycles. The number of nitrogens with zero attached hydrogens (tertiary/aromatic N) is 3. The molecule has 3 heterocycles. The fourth-order valence-electron chi connectivity index (χ4n) is 5.87. The first kappa shape index (κ1) is 24.0. The largest absolute Gasteiger partial charge is 0.496 e. The third kappa shape index (κ3) is 4.49. The summed E-state index contributed by atoms with van der Waals surface area (Å²) in [6, 6.07) is 5.85. The number of carbonyl (C=O) groups excluding carboxylic acids is 1. The molecule has 2 fully saturated rings. The first-order chi connectivity index (χ1) is 17.9. The average molecular weight is 525 g/mol. The predicted octanol–water partition coefficient (Wildman–Crippen LogP) is 3.30. The van der Waals surface area contributed by atoms with Gasteiger partial charge < -0.3 is 30.6 Å². The maximum atomic E-state index is 11.5. The summed E-state index contributed by atoms with van der Waals surface area (Å²) < 4.78 is 11.2. The maximum Gasteiger partial charge on any atom is 0.404 e. The molecular weight excluding hydrogens is 496 g/mol. The van der Waals surface area contributed by atoms with Gasteiger partial charge in [-0.15, -0.1) is 0 Å². The summed E-state index contributed by atoms with van der Waals surface area (Å²) in [4.78, 5) is 26.3. The molecule has 11 heteroatoms. The zero-order valence-electron chi connectivity index (χ0n) is 20.4. The van der Waals surface area contributed by atoms with E-state index in [4.69, 9.17) is 31.8 Å². The molecule has 6 rings (SSSR count). The Morgan fingerprint density at radius 1 is 1.35 bits per heavy atom. The number of fused-ring (bicyclic) bond motifs is 3. The molecule has 3 aliphatic rings. The van der Waals surface area contributed by atoms with Crippen LogP contribution in [-0.4, -0.2) is 69.5 Å². The van der Waals surface area contributed by atoms with Gasteiger partial charge in [-0.3, -0.25) is 4.90 Å². The molecule has 3 aromatic rings. The SMILES string of the molecule is COc1cc(CN2CC[C@H](O)C2)ccc1-c1nc2ncc(Cl)c(N[C@H]3[C@@H](OC(N)=O)[C@@H]4C=C[C@H]3C4)c2[nH]1. The lowest BCUT2D eigenvalue weighted by atomic mass is 9.98. The topological polar surface area (TPSA) is 139 Å². The third-order valence-corrected chi connectivity index (χ3v) is 7.89. The lowest BCUT2D eigenvalue weighted by Crippen LogP contribution is -2.41. The molecule has 1 saturated carbocycles. The number of aromatic nitrogens is 3. The smallest absolute Gasteiger partial charge is 0.404 e. The number of carbonyl (C=O) groups is 1.